The number of benzene rings is 1. The number of urea groups is 1. The molecule has 1 saturated heterocycles. The molecule has 0 bridgehead atoms. The van der Waals surface area contributed by atoms with Crippen molar-refractivity contribution in [1.29, 1.82) is 0 Å². The van der Waals surface area contributed by atoms with Gasteiger partial charge in [-0.1, -0.05) is 6.92 Å². The van der Waals surface area contributed by atoms with E-state index in [1.54, 1.807) is 12.1 Å². The topological polar surface area (TPSA) is 114 Å². The standard InChI is InChI=1S/C30H33F6N7O4/c1-4-20-15-22(26-23(5-6-25(40-26)45-2)43(20)28(44)41-46-3)39-27-37-16-24(42-7-9-47-10-8-42)21(38-27)13-17-11-18(29(31,32)33)14-19(12-17)30(34,35)36/h5-6,11-12,14,16,20,22H,4,7-10,13,15H2,1-3H3,(H,41,44)(H,37,38,39)/t20-,22+/m1/s1. The van der Waals surface area contributed by atoms with E-state index in [2.05, 4.69) is 25.7 Å². The van der Waals surface area contributed by atoms with Crippen molar-refractivity contribution in [3.63, 3.8) is 0 Å². The molecule has 0 radical (unpaired) electrons. The molecular weight excluding hydrogens is 636 g/mol. The quantitative estimate of drug-likeness (QED) is 0.228. The lowest BCUT2D eigenvalue weighted by Crippen LogP contribution is -2.50. The van der Waals surface area contributed by atoms with E-state index in [4.69, 9.17) is 14.3 Å². The Bertz CT molecular complexity index is 1550. The molecule has 1 fully saturated rings. The number of carbonyl (C=O) groups excluding carboxylic acids is 1. The first kappa shape index (κ1) is 34.0. The van der Waals surface area contributed by atoms with Crippen LogP contribution in [0.15, 0.2) is 36.5 Å². The number of amides is 2. The minimum Gasteiger partial charge on any atom is -0.481 e. The molecule has 2 amide bonds. The zero-order valence-electron chi connectivity index (χ0n) is 25.7. The number of aromatic nitrogens is 3. The van der Waals surface area contributed by atoms with Crippen LogP contribution in [0.3, 0.4) is 0 Å². The highest BCUT2D eigenvalue weighted by Gasteiger charge is 2.39. The van der Waals surface area contributed by atoms with Gasteiger partial charge in [0.2, 0.25) is 11.8 Å². The molecule has 11 nitrogen and oxygen atoms in total. The number of ether oxygens (including phenoxy) is 2. The number of hydrogen-bond acceptors (Lipinski definition) is 9. The number of rotatable bonds is 8. The van der Waals surface area contributed by atoms with Crippen LogP contribution < -0.4 is 25.3 Å². The van der Waals surface area contributed by atoms with Gasteiger partial charge in [0, 0.05) is 31.6 Å². The molecule has 254 valence electrons. The zero-order valence-corrected chi connectivity index (χ0v) is 25.7. The van der Waals surface area contributed by atoms with Crippen molar-refractivity contribution >= 4 is 23.4 Å². The number of hydroxylamine groups is 1. The number of nitrogens with zero attached hydrogens (tertiary/aromatic N) is 5. The number of morpholine rings is 1. The molecule has 2 aromatic heterocycles. The summed E-state index contributed by atoms with van der Waals surface area (Å²) in [6.07, 6.45) is -7.92. The Morgan fingerprint density at radius 1 is 1.00 bits per heavy atom. The van der Waals surface area contributed by atoms with Crippen LogP contribution in [0.5, 0.6) is 5.88 Å². The van der Waals surface area contributed by atoms with Gasteiger partial charge in [0.25, 0.3) is 0 Å². The lowest BCUT2D eigenvalue weighted by atomic mass is 9.93. The van der Waals surface area contributed by atoms with Gasteiger partial charge in [0.05, 0.1) is 73.6 Å². The van der Waals surface area contributed by atoms with Crippen molar-refractivity contribution in [2.75, 3.05) is 55.6 Å². The lowest BCUT2D eigenvalue weighted by Gasteiger charge is -2.39. The van der Waals surface area contributed by atoms with Gasteiger partial charge in [-0.15, -0.1) is 0 Å². The fourth-order valence-corrected chi connectivity index (χ4v) is 5.75. The molecule has 2 N–H and O–H groups in total. The highest BCUT2D eigenvalue weighted by molar-refractivity contribution is 5.93. The van der Waals surface area contributed by atoms with Crippen LogP contribution >= 0.6 is 0 Å². The summed E-state index contributed by atoms with van der Waals surface area (Å²) in [6.45, 7) is 3.51. The fourth-order valence-electron chi connectivity index (χ4n) is 5.75. The predicted molar refractivity (Wildman–Crippen MR) is 158 cm³/mol. The van der Waals surface area contributed by atoms with Gasteiger partial charge < -0.3 is 19.7 Å². The van der Waals surface area contributed by atoms with Gasteiger partial charge in [0.1, 0.15) is 0 Å². The van der Waals surface area contributed by atoms with E-state index < -0.39 is 35.6 Å². The number of hydrogen-bond donors (Lipinski definition) is 2. The van der Waals surface area contributed by atoms with Crippen LogP contribution in [0.4, 0.5) is 48.5 Å². The molecular formula is C30H33F6N7O4. The number of halogens is 6. The smallest absolute Gasteiger partial charge is 0.416 e. The average molecular weight is 670 g/mol. The highest BCUT2D eigenvalue weighted by atomic mass is 19.4. The summed E-state index contributed by atoms with van der Waals surface area (Å²) in [4.78, 5) is 34.9. The van der Waals surface area contributed by atoms with Crippen LogP contribution in [0.1, 0.15) is 53.9 Å². The summed E-state index contributed by atoms with van der Waals surface area (Å²) in [5.74, 6) is 0.358. The molecule has 0 unspecified atom stereocenters. The SMILES string of the molecule is CC[C@@H]1C[C@H](Nc2ncc(N3CCOCC3)c(Cc3cc(C(F)(F)F)cc(C(F)(F)F)c3)n2)c2nc(OC)ccc2N1C(=O)NOC. The summed E-state index contributed by atoms with van der Waals surface area (Å²) >= 11 is 0. The third-order valence-corrected chi connectivity index (χ3v) is 7.95. The first-order valence-electron chi connectivity index (χ1n) is 14.7. The predicted octanol–water partition coefficient (Wildman–Crippen LogP) is 5.76. The number of carbonyl (C=O) groups is 1. The molecule has 0 saturated carbocycles. The Kier molecular flexibility index (Phi) is 9.95. The third-order valence-electron chi connectivity index (χ3n) is 7.95. The summed E-state index contributed by atoms with van der Waals surface area (Å²) in [6, 6.07) is 3.43. The normalized spacial score (nSPS) is 18.5. The minimum absolute atomic E-state index is 0.0743. The molecule has 2 atom stereocenters. The largest absolute Gasteiger partial charge is 0.481 e. The molecule has 5 rings (SSSR count). The van der Waals surface area contributed by atoms with Crippen molar-refractivity contribution in [2.45, 2.75) is 50.6 Å². The van der Waals surface area contributed by atoms with Crippen LogP contribution in [-0.2, 0) is 28.3 Å². The highest BCUT2D eigenvalue weighted by Crippen LogP contribution is 2.41. The summed E-state index contributed by atoms with van der Waals surface area (Å²) in [7, 11) is 2.76. The summed E-state index contributed by atoms with van der Waals surface area (Å²) in [5.41, 5.74) is 0.903. The number of nitrogens with one attached hydrogen (secondary N) is 2. The van der Waals surface area contributed by atoms with E-state index in [9.17, 15) is 31.1 Å². The van der Waals surface area contributed by atoms with Crippen LogP contribution in [0.25, 0.3) is 0 Å². The Hall–Kier alpha value is -4.38. The van der Waals surface area contributed by atoms with E-state index in [1.165, 1.54) is 25.3 Å². The van der Waals surface area contributed by atoms with Gasteiger partial charge in [-0.3, -0.25) is 9.74 Å². The fraction of sp³-hybridized carbons (Fsp3) is 0.467. The van der Waals surface area contributed by atoms with E-state index in [-0.39, 0.29) is 41.6 Å². The Morgan fingerprint density at radius 2 is 1.68 bits per heavy atom. The third kappa shape index (κ3) is 7.62. The Balaban J connectivity index is 1.55. The summed E-state index contributed by atoms with van der Waals surface area (Å²) in [5, 5.41) is 3.24. The number of anilines is 3. The van der Waals surface area contributed by atoms with Crippen molar-refractivity contribution in [3.8, 4) is 5.88 Å². The van der Waals surface area contributed by atoms with E-state index in [1.807, 2.05) is 11.8 Å². The molecule has 0 aliphatic carbocycles. The van der Waals surface area contributed by atoms with Gasteiger partial charge in [-0.05, 0) is 42.7 Å². The zero-order chi connectivity index (χ0) is 33.9. The first-order chi connectivity index (χ1) is 22.3. The van der Waals surface area contributed by atoms with Crippen molar-refractivity contribution in [2.24, 2.45) is 0 Å². The number of pyridine rings is 1. The number of methoxy groups -OCH3 is 1. The van der Waals surface area contributed by atoms with Crippen LogP contribution in [0, 0.1) is 0 Å². The second kappa shape index (κ2) is 13.8. The molecule has 1 aromatic carbocycles. The van der Waals surface area contributed by atoms with Gasteiger partial charge in [-0.25, -0.2) is 25.2 Å². The molecule has 0 spiro atoms. The summed E-state index contributed by atoms with van der Waals surface area (Å²) < 4.78 is 92.6. The molecule has 2 aliphatic rings. The maximum absolute atomic E-state index is 13.7. The average Bonchev–Trinajstić information content (AvgIpc) is 3.04. The van der Waals surface area contributed by atoms with E-state index >= 15 is 0 Å². The molecule has 3 aromatic rings. The molecule has 17 heteroatoms. The molecule has 47 heavy (non-hydrogen) atoms. The van der Waals surface area contributed by atoms with Crippen molar-refractivity contribution in [3.05, 3.63) is 64.6 Å². The first-order valence-corrected chi connectivity index (χ1v) is 14.7. The Labute approximate surface area is 266 Å². The Morgan fingerprint density at radius 3 is 2.28 bits per heavy atom. The number of fused-ring (bicyclic) bond motifs is 1. The van der Waals surface area contributed by atoms with Gasteiger partial charge in [0.15, 0.2) is 0 Å². The van der Waals surface area contributed by atoms with Gasteiger partial charge >= 0.3 is 18.4 Å². The second-order valence-electron chi connectivity index (χ2n) is 10.9. The lowest BCUT2D eigenvalue weighted by molar-refractivity contribution is -0.143. The molecule has 2 aliphatic heterocycles. The number of alkyl halides is 6. The monoisotopic (exact) mass is 669 g/mol. The second-order valence-corrected chi connectivity index (χ2v) is 10.9. The van der Waals surface area contributed by atoms with Crippen LogP contribution in [-0.4, -0.2) is 67.5 Å². The van der Waals surface area contributed by atoms with Crippen molar-refractivity contribution in [1.82, 2.24) is 20.4 Å². The maximum atomic E-state index is 13.7. The van der Waals surface area contributed by atoms with E-state index in [0.717, 1.165) is 0 Å². The minimum atomic E-state index is -4.99. The van der Waals surface area contributed by atoms with Gasteiger partial charge in [-0.2, -0.15) is 26.3 Å². The van der Waals surface area contributed by atoms with Crippen molar-refractivity contribution < 1.29 is 45.4 Å². The molecule has 4 heterocycles. The van der Waals surface area contributed by atoms with E-state index in [0.29, 0.717) is 68.3 Å². The maximum Gasteiger partial charge on any atom is 0.416 e. The van der Waals surface area contributed by atoms with Crippen LogP contribution in [0.2, 0.25) is 0 Å².